The Morgan fingerprint density at radius 1 is 1.22 bits per heavy atom. The zero-order valence-corrected chi connectivity index (χ0v) is 10.6. The van der Waals surface area contributed by atoms with E-state index in [4.69, 9.17) is 17.3 Å². The van der Waals surface area contributed by atoms with Crippen LogP contribution in [0.2, 0.25) is 5.02 Å². The Hall–Kier alpha value is -2.00. The van der Waals surface area contributed by atoms with E-state index in [0.29, 0.717) is 5.02 Å². The third-order valence-electron chi connectivity index (χ3n) is 2.90. The number of imidazole rings is 1. The van der Waals surface area contributed by atoms with Gasteiger partial charge in [-0.2, -0.15) is 0 Å². The van der Waals surface area contributed by atoms with Crippen molar-refractivity contribution in [1.29, 1.82) is 0 Å². The van der Waals surface area contributed by atoms with Crippen LogP contribution in [0.15, 0.2) is 36.4 Å². The highest BCUT2D eigenvalue weighted by atomic mass is 35.5. The van der Waals surface area contributed by atoms with E-state index in [1.807, 2.05) is 43.3 Å². The Labute approximate surface area is 110 Å². The molecule has 0 amide bonds. The second kappa shape index (κ2) is 4.03. The number of hydrogen-bond donors (Lipinski definition) is 2. The van der Waals surface area contributed by atoms with Crippen LogP contribution < -0.4 is 5.73 Å². The van der Waals surface area contributed by atoms with E-state index in [9.17, 15) is 0 Å². The SMILES string of the molecule is Cc1cc(Cl)cc2[nH]c(-c3cccc(N)c3)nc12. The molecule has 4 heteroatoms. The fraction of sp³-hybridized carbons (Fsp3) is 0.0714. The van der Waals surface area contributed by atoms with Gasteiger partial charge in [0, 0.05) is 16.3 Å². The van der Waals surface area contributed by atoms with Crippen LogP contribution >= 0.6 is 11.6 Å². The van der Waals surface area contributed by atoms with Crippen LogP contribution in [0, 0.1) is 6.92 Å². The Bertz CT molecular complexity index is 731. The average molecular weight is 258 g/mol. The molecule has 0 radical (unpaired) electrons. The van der Waals surface area contributed by atoms with E-state index in [1.54, 1.807) is 0 Å². The van der Waals surface area contributed by atoms with Gasteiger partial charge in [0.25, 0.3) is 0 Å². The molecule has 18 heavy (non-hydrogen) atoms. The van der Waals surface area contributed by atoms with Crippen LogP contribution in [-0.2, 0) is 0 Å². The summed E-state index contributed by atoms with van der Waals surface area (Å²) in [5.41, 5.74) is 10.4. The molecule has 3 N–H and O–H groups in total. The molecule has 0 atom stereocenters. The summed E-state index contributed by atoms with van der Waals surface area (Å²) in [6.07, 6.45) is 0. The number of nitrogen functional groups attached to an aromatic ring is 1. The number of nitrogens with two attached hydrogens (primary N) is 1. The molecular weight excluding hydrogens is 246 g/mol. The smallest absolute Gasteiger partial charge is 0.138 e. The molecule has 3 nitrogen and oxygen atoms in total. The van der Waals surface area contributed by atoms with Crippen LogP contribution in [0.3, 0.4) is 0 Å². The molecule has 0 bridgehead atoms. The molecular formula is C14H12ClN3. The van der Waals surface area contributed by atoms with E-state index < -0.39 is 0 Å². The number of hydrogen-bond acceptors (Lipinski definition) is 2. The molecule has 0 aliphatic carbocycles. The first-order valence-electron chi connectivity index (χ1n) is 5.65. The van der Waals surface area contributed by atoms with Gasteiger partial charge in [0.05, 0.1) is 11.0 Å². The normalized spacial score (nSPS) is 11.0. The largest absolute Gasteiger partial charge is 0.399 e. The van der Waals surface area contributed by atoms with Crippen LogP contribution in [0.4, 0.5) is 5.69 Å². The Morgan fingerprint density at radius 3 is 2.83 bits per heavy atom. The second-order valence-electron chi connectivity index (χ2n) is 4.33. The number of aryl methyl sites for hydroxylation is 1. The number of nitrogens with zero attached hydrogens (tertiary/aromatic N) is 1. The monoisotopic (exact) mass is 257 g/mol. The van der Waals surface area contributed by atoms with Gasteiger partial charge >= 0.3 is 0 Å². The zero-order chi connectivity index (χ0) is 12.7. The molecule has 2 aromatic carbocycles. The summed E-state index contributed by atoms with van der Waals surface area (Å²) >= 11 is 6.04. The van der Waals surface area contributed by atoms with E-state index in [1.165, 1.54) is 0 Å². The number of benzene rings is 2. The number of nitrogens with one attached hydrogen (secondary N) is 1. The standard InChI is InChI=1S/C14H12ClN3/c1-8-5-10(15)7-12-13(8)18-14(17-12)9-3-2-4-11(16)6-9/h2-7H,16H2,1H3,(H,17,18). The fourth-order valence-electron chi connectivity index (χ4n) is 2.07. The summed E-state index contributed by atoms with van der Waals surface area (Å²) in [6, 6.07) is 11.4. The lowest BCUT2D eigenvalue weighted by Gasteiger charge is -1.97. The Morgan fingerprint density at radius 2 is 2.06 bits per heavy atom. The molecule has 1 aromatic heterocycles. The number of aromatic amines is 1. The topological polar surface area (TPSA) is 54.7 Å². The highest BCUT2D eigenvalue weighted by molar-refractivity contribution is 6.31. The first-order valence-corrected chi connectivity index (χ1v) is 6.03. The maximum atomic E-state index is 6.04. The van der Waals surface area contributed by atoms with Crippen LogP contribution in [0.5, 0.6) is 0 Å². The van der Waals surface area contributed by atoms with Gasteiger partial charge in [0.2, 0.25) is 0 Å². The molecule has 0 saturated heterocycles. The van der Waals surface area contributed by atoms with Crippen molar-refractivity contribution in [2.75, 3.05) is 5.73 Å². The van der Waals surface area contributed by atoms with E-state index in [-0.39, 0.29) is 0 Å². The summed E-state index contributed by atoms with van der Waals surface area (Å²) in [5.74, 6) is 0.808. The molecule has 1 heterocycles. The summed E-state index contributed by atoms with van der Waals surface area (Å²) in [7, 11) is 0. The highest BCUT2D eigenvalue weighted by Crippen LogP contribution is 2.26. The van der Waals surface area contributed by atoms with Gasteiger partial charge in [0.15, 0.2) is 0 Å². The van der Waals surface area contributed by atoms with Crippen molar-refractivity contribution in [2.24, 2.45) is 0 Å². The van der Waals surface area contributed by atoms with Crippen LogP contribution in [-0.4, -0.2) is 9.97 Å². The van der Waals surface area contributed by atoms with Gasteiger partial charge in [-0.05, 0) is 36.8 Å². The second-order valence-corrected chi connectivity index (χ2v) is 4.77. The van der Waals surface area contributed by atoms with Gasteiger partial charge in [-0.15, -0.1) is 0 Å². The van der Waals surface area contributed by atoms with Gasteiger partial charge < -0.3 is 10.7 Å². The summed E-state index contributed by atoms with van der Waals surface area (Å²) in [5, 5.41) is 0.711. The number of aromatic nitrogens is 2. The maximum absolute atomic E-state index is 6.04. The molecule has 3 aromatic rings. The summed E-state index contributed by atoms with van der Waals surface area (Å²) in [6.45, 7) is 2.00. The van der Waals surface area contributed by atoms with Crippen molar-refractivity contribution in [2.45, 2.75) is 6.92 Å². The van der Waals surface area contributed by atoms with Gasteiger partial charge in [-0.1, -0.05) is 23.7 Å². The molecule has 3 rings (SSSR count). The predicted octanol–water partition coefficient (Wildman–Crippen LogP) is 3.77. The van der Waals surface area contributed by atoms with Crippen molar-refractivity contribution in [1.82, 2.24) is 9.97 Å². The Balaban J connectivity index is 2.22. The first kappa shape index (κ1) is 11.1. The average Bonchev–Trinajstić information content (AvgIpc) is 2.73. The minimum absolute atomic E-state index is 0.711. The van der Waals surface area contributed by atoms with Crippen molar-refractivity contribution >= 4 is 28.3 Å². The minimum atomic E-state index is 0.711. The lowest BCUT2D eigenvalue weighted by atomic mass is 10.2. The lowest BCUT2D eigenvalue weighted by molar-refractivity contribution is 1.33. The lowest BCUT2D eigenvalue weighted by Crippen LogP contribution is -1.86. The van der Waals surface area contributed by atoms with E-state index in [2.05, 4.69) is 9.97 Å². The van der Waals surface area contributed by atoms with E-state index >= 15 is 0 Å². The van der Waals surface area contributed by atoms with Crippen LogP contribution in [0.1, 0.15) is 5.56 Å². The zero-order valence-electron chi connectivity index (χ0n) is 9.87. The molecule has 0 aliphatic heterocycles. The quantitative estimate of drug-likeness (QED) is 0.652. The number of anilines is 1. The number of rotatable bonds is 1. The molecule has 0 aliphatic rings. The molecule has 0 fully saturated rings. The molecule has 0 spiro atoms. The van der Waals surface area contributed by atoms with E-state index in [0.717, 1.165) is 33.7 Å². The van der Waals surface area contributed by atoms with Crippen molar-refractivity contribution in [3.05, 3.63) is 47.0 Å². The third kappa shape index (κ3) is 1.83. The molecule has 0 unspecified atom stereocenters. The molecule has 90 valence electrons. The summed E-state index contributed by atoms with van der Waals surface area (Å²) < 4.78 is 0. The first-order chi connectivity index (χ1) is 8.63. The minimum Gasteiger partial charge on any atom is -0.399 e. The third-order valence-corrected chi connectivity index (χ3v) is 3.12. The summed E-state index contributed by atoms with van der Waals surface area (Å²) in [4.78, 5) is 7.86. The van der Waals surface area contributed by atoms with Crippen molar-refractivity contribution < 1.29 is 0 Å². The van der Waals surface area contributed by atoms with Gasteiger partial charge in [0.1, 0.15) is 5.82 Å². The number of H-pyrrole nitrogens is 1. The number of halogens is 1. The predicted molar refractivity (Wildman–Crippen MR) is 75.7 cm³/mol. The highest BCUT2D eigenvalue weighted by Gasteiger charge is 2.08. The number of fused-ring (bicyclic) bond motifs is 1. The van der Waals surface area contributed by atoms with Gasteiger partial charge in [-0.3, -0.25) is 0 Å². The fourth-order valence-corrected chi connectivity index (χ4v) is 2.34. The maximum Gasteiger partial charge on any atom is 0.138 e. The molecule has 0 saturated carbocycles. The van der Waals surface area contributed by atoms with Crippen molar-refractivity contribution in [3.63, 3.8) is 0 Å². The van der Waals surface area contributed by atoms with Crippen LogP contribution in [0.25, 0.3) is 22.4 Å². The van der Waals surface area contributed by atoms with Crippen molar-refractivity contribution in [3.8, 4) is 11.4 Å². The Kier molecular flexibility index (Phi) is 2.49. The van der Waals surface area contributed by atoms with Gasteiger partial charge in [-0.25, -0.2) is 4.98 Å².